The Morgan fingerprint density at radius 3 is 2.92 bits per heavy atom. The van der Waals surface area contributed by atoms with Gasteiger partial charge in [0.15, 0.2) is 0 Å². The standard InChI is InChI=1S/C19H28N4O2/c1-3-15-14-22(10-11-23(15)12-13-25-2)9-8-18-20-17-7-5-4-6-16(17)19(24)21-18/h4-7,15H,3,8-14H2,1-2H3,(H,20,21,24). The second kappa shape index (κ2) is 8.56. The summed E-state index contributed by atoms with van der Waals surface area (Å²) in [6, 6.07) is 8.08. The molecular formula is C19H28N4O2. The maximum atomic E-state index is 12.2. The summed E-state index contributed by atoms with van der Waals surface area (Å²) in [6.07, 6.45) is 1.92. The molecule has 0 spiro atoms. The molecule has 136 valence electrons. The Morgan fingerprint density at radius 1 is 1.28 bits per heavy atom. The summed E-state index contributed by atoms with van der Waals surface area (Å²) in [6.45, 7) is 8.16. The summed E-state index contributed by atoms with van der Waals surface area (Å²) in [5, 5.41) is 0.657. The van der Waals surface area contributed by atoms with Gasteiger partial charge >= 0.3 is 0 Å². The number of benzene rings is 1. The molecule has 2 heterocycles. The van der Waals surface area contributed by atoms with Gasteiger partial charge in [-0.15, -0.1) is 0 Å². The first-order chi connectivity index (χ1) is 12.2. The van der Waals surface area contributed by atoms with Gasteiger partial charge in [-0.25, -0.2) is 4.98 Å². The number of nitrogens with one attached hydrogen (secondary N) is 1. The average molecular weight is 344 g/mol. The van der Waals surface area contributed by atoms with Crippen LogP contribution in [0.1, 0.15) is 19.2 Å². The monoisotopic (exact) mass is 344 g/mol. The van der Waals surface area contributed by atoms with Crippen molar-refractivity contribution >= 4 is 10.9 Å². The molecule has 0 bridgehead atoms. The van der Waals surface area contributed by atoms with Crippen molar-refractivity contribution in [3.63, 3.8) is 0 Å². The molecule has 1 unspecified atom stereocenters. The number of hydrogen-bond acceptors (Lipinski definition) is 5. The summed E-state index contributed by atoms with van der Waals surface area (Å²) >= 11 is 0. The van der Waals surface area contributed by atoms with Gasteiger partial charge < -0.3 is 14.6 Å². The van der Waals surface area contributed by atoms with Gasteiger partial charge in [0.25, 0.3) is 5.56 Å². The van der Waals surface area contributed by atoms with Gasteiger partial charge in [0, 0.05) is 52.3 Å². The molecule has 6 heteroatoms. The molecule has 1 N–H and O–H groups in total. The van der Waals surface area contributed by atoms with Gasteiger partial charge in [0.1, 0.15) is 5.82 Å². The van der Waals surface area contributed by atoms with E-state index in [1.165, 1.54) is 0 Å². The van der Waals surface area contributed by atoms with Gasteiger partial charge in [-0.2, -0.15) is 0 Å². The predicted molar refractivity (Wildman–Crippen MR) is 100 cm³/mol. The second-order valence-corrected chi connectivity index (χ2v) is 6.67. The van der Waals surface area contributed by atoms with Crippen LogP contribution in [0.4, 0.5) is 0 Å². The minimum Gasteiger partial charge on any atom is -0.383 e. The summed E-state index contributed by atoms with van der Waals surface area (Å²) in [7, 11) is 1.76. The van der Waals surface area contributed by atoms with E-state index in [1.54, 1.807) is 7.11 Å². The van der Waals surface area contributed by atoms with Crippen LogP contribution in [-0.2, 0) is 11.2 Å². The molecule has 1 atom stereocenters. The van der Waals surface area contributed by atoms with E-state index in [1.807, 2.05) is 24.3 Å². The Morgan fingerprint density at radius 2 is 2.12 bits per heavy atom. The zero-order valence-corrected chi connectivity index (χ0v) is 15.2. The number of aromatic amines is 1. The third-order valence-corrected chi connectivity index (χ3v) is 5.07. The largest absolute Gasteiger partial charge is 0.383 e. The zero-order valence-electron chi connectivity index (χ0n) is 15.2. The van der Waals surface area contributed by atoms with Crippen LogP contribution in [-0.4, -0.2) is 72.3 Å². The predicted octanol–water partition coefficient (Wildman–Crippen LogP) is 1.51. The van der Waals surface area contributed by atoms with Crippen LogP contribution in [0.25, 0.3) is 10.9 Å². The Kier molecular flexibility index (Phi) is 6.18. The number of piperazine rings is 1. The molecule has 1 aromatic carbocycles. The van der Waals surface area contributed by atoms with Crippen molar-refractivity contribution in [3.05, 3.63) is 40.4 Å². The summed E-state index contributed by atoms with van der Waals surface area (Å²) < 4.78 is 5.22. The van der Waals surface area contributed by atoms with E-state index in [0.717, 1.165) is 63.5 Å². The van der Waals surface area contributed by atoms with E-state index < -0.39 is 0 Å². The first kappa shape index (κ1) is 18.0. The fourth-order valence-corrected chi connectivity index (χ4v) is 3.57. The lowest BCUT2D eigenvalue weighted by atomic mass is 10.1. The van der Waals surface area contributed by atoms with E-state index in [-0.39, 0.29) is 5.56 Å². The van der Waals surface area contributed by atoms with E-state index >= 15 is 0 Å². The lowest BCUT2D eigenvalue weighted by Gasteiger charge is -2.41. The van der Waals surface area contributed by atoms with Crippen LogP contribution in [0.2, 0.25) is 0 Å². The van der Waals surface area contributed by atoms with Crippen LogP contribution in [0.5, 0.6) is 0 Å². The highest BCUT2D eigenvalue weighted by atomic mass is 16.5. The van der Waals surface area contributed by atoms with Crippen molar-refractivity contribution in [1.82, 2.24) is 19.8 Å². The van der Waals surface area contributed by atoms with Gasteiger partial charge in [-0.05, 0) is 18.6 Å². The van der Waals surface area contributed by atoms with Crippen molar-refractivity contribution in [2.45, 2.75) is 25.8 Å². The molecule has 1 aliphatic rings. The number of aromatic nitrogens is 2. The molecule has 1 saturated heterocycles. The number of methoxy groups -OCH3 is 1. The number of fused-ring (bicyclic) bond motifs is 1. The van der Waals surface area contributed by atoms with Crippen molar-refractivity contribution in [1.29, 1.82) is 0 Å². The van der Waals surface area contributed by atoms with Crippen LogP contribution in [0.15, 0.2) is 29.1 Å². The maximum Gasteiger partial charge on any atom is 0.258 e. The molecule has 25 heavy (non-hydrogen) atoms. The molecule has 0 saturated carbocycles. The first-order valence-corrected chi connectivity index (χ1v) is 9.14. The van der Waals surface area contributed by atoms with Gasteiger partial charge in [-0.1, -0.05) is 19.1 Å². The highest BCUT2D eigenvalue weighted by Gasteiger charge is 2.25. The molecule has 1 aromatic heterocycles. The summed E-state index contributed by atoms with van der Waals surface area (Å²) in [4.78, 5) is 24.7. The molecular weight excluding hydrogens is 316 g/mol. The van der Waals surface area contributed by atoms with Crippen LogP contribution in [0, 0.1) is 0 Å². The minimum absolute atomic E-state index is 0.0450. The van der Waals surface area contributed by atoms with Crippen molar-refractivity contribution < 1.29 is 4.74 Å². The maximum absolute atomic E-state index is 12.2. The summed E-state index contributed by atoms with van der Waals surface area (Å²) in [5.41, 5.74) is 0.730. The van der Waals surface area contributed by atoms with Crippen LogP contribution >= 0.6 is 0 Å². The van der Waals surface area contributed by atoms with E-state index in [9.17, 15) is 4.79 Å². The molecule has 0 amide bonds. The van der Waals surface area contributed by atoms with Gasteiger partial charge in [0.2, 0.25) is 0 Å². The molecule has 2 aromatic rings. The molecule has 6 nitrogen and oxygen atoms in total. The number of ether oxygens (including phenoxy) is 1. The Balaban J connectivity index is 1.60. The third kappa shape index (κ3) is 4.45. The normalized spacial score (nSPS) is 19.5. The molecule has 1 aliphatic heterocycles. The SMILES string of the molecule is CCC1CN(CCc2nc3ccccc3c(=O)[nH]2)CCN1CCOC. The molecule has 3 rings (SSSR count). The Labute approximate surface area is 148 Å². The van der Waals surface area contributed by atoms with Crippen molar-refractivity contribution in [3.8, 4) is 0 Å². The number of hydrogen-bond donors (Lipinski definition) is 1. The average Bonchev–Trinajstić information content (AvgIpc) is 2.65. The number of nitrogens with zero attached hydrogens (tertiary/aromatic N) is 3. The number of H-pyrrole nitrogens is 1. The Hall–Kier alpha value is -1.76. The smallest absolute Gasteiger partial charge is 0.258 e. The Bertz CT molecular complexity index is 746. The fraction of sp³-hybridized carbons (Fsp3) is 0.579. The lowest BCUT2D eigenvalue weighted by Crippen LogP contribution is -2.53. The molecule has 0 radical (unpaired) electrons. The number of rotatable bonds is 7. The van der Waals surface area contributed by atoms with Gasteiger partial charge in [0.05, 0.1) is 17.5 Å². The number of para-hydroxylation sites is 1. The highest BCUT2D eigenvalue weighted by molar-refractivity contribution is 5.77. The van der Waals surface area contributed by atoms with Gasteiger partial charge in [-0.3, -0.25) is 9.69 Å². The minimum atomic E-state index is -0.0450. The van der Waals surface area contributed by atoms with Crippen LogP contribution in [0.3, 0.4) is 0 Å². The van der Waals surface area contributed by atoms with Crippen molar-refractivity contribution in [2.24, 2.45) is 0 Å². The third-order valence-electron chi connectivity index (χ3n) is 5.07. The topological polar surface area (TPSA) is 61.5 Å². The zero-order chi connectivity index (χ0) is 17.6. The summed E-state index contributed by atoms with van der Waals surface area (Å²) in [5.74, 6) is 0.776. The highest BCUT2D eigenvalue weighted by Crippen LogP contribution is 2.13. The molecule has 0 aliphatic carbocycles. The first-order valence-electron chi connectivity index (χ1n) is 9.14. The van der Waals surface area contributed by atoms with E-state index in [0.29, 0.717) is 11.4 Å². The van der Waals surface area contributed by atoms with Crippen molar-refractivity contribution in [2.75, 3.05) is 46.4 Å². The second-order valence-electron chi connectivity index (χ2n) is 6.67. The fourth-order valence-electron chi connectivity index (χ4n) is 3.57. The van der Waals surface area contributed by atoms with E-state index in [2.05, 4.69) is 26.7 Å². The quantitative estimate of drug-likeness (QED) is 0.825. The lowest BCUT2D eigenvalue weighted by molar-refractivity contribution is 0.0501. The van der Waals surface area contributed by atoms with Crippen LogP contribution < -0.4 is 5.56 Å². The molecule has 1 fully saturated rings. The van der Waals surface area contributed by atoms with E-state index in [4.69, 9.17) is 4.74 Å².